The molecule has 3 aromatic rings. The highest BCUT2D eigenvalue weighted by molar-refractivity contribution is 6.31. The number of nitrogens with zero attached hydrogens (tertiary/aromatic N) is 1. The van der Waals surface area contributed by atoms with Crippen molar-refractivity contribution in [1.82, 2.24) is 4.98 Å². The zero-order valence-electron chi connectivity index (χ0n) is 14.4. The number of ether oxygens (including phenoxy) is 2. The number of methoxy groups -OCH3 is 1. The molecule has 0 aliphatic rings. The van der Waals surface area contributed by atoms with Crippen LogP contribution in [-0.2, 0) is 9.47 Å². The second-order valence-electron chi connectivity index (χ2n) is 5.72. The van der Waals surface area contributed by atoms with E-state index in [0.29, 0.717) is 32.7 Å². The van der Waals surface area contributed by atoms with Crippen LogP contribution in [0.3, 0.4) is 0 Å². The largest absolute Gasteiger partial charge is 0.460 e. The lowest BCUT2D eigenvalue weighted by Gasteiger charge is -2.16. The van der Waals surface area contributed by atoms with E-state index < -0.39 is 11.8 Å². The van der Waals surface area contributed by atoms with Crippen molar-refractivity contribution in [2.45, 2.75) is 6.92 Å². The van der Waals surface area contributed by atoms with Crippen molar-refractivity contribution < 1.29 is 18.7 Å². The van der Waals surface area contributed by atoms with Crippen molar-refractivity contribution in [1.29, 1.82) is 0 Å². The number of pyridine rings is 1. The molecular weight excluding hydrogens is 357 g/mol. The fourth-order valence-corrected chi connectivity index (χ4v) is 3.01. The number of carbonyl (C=O) groups excluding carboxylic acids is 1. The molecule has 0 fully saturated rings. The summed E-state index contributed by atoms with van der Waals surface area (Å²) in [6, 6.07) is 11.4. The average molecular weight is 374 g/mol. The van der Waals surface area contributed by atoms with Gasteiger partial charge in [-0.15, -0.1) is 0 Å². The maximum Gasteiger partial charge on any atom is 0.340 e. The molecule has 2 aromatic carbocycles. The maximum atomic E-state index is 14.6. The molecule has 0 radical (unpaired) electrons. The molecule has 0 bridgehead atoms. The van der Waals surface area contributed by atoms with Gasteiger partial charge in [0, 0.05) is 28.6 Å². The van der Waals surface area contributed by atoms with Gasteiger partial charge in [0.15, 0.2) is 0 Å². The van der Waals surface area contributed by atoms with Crippen LogP contribution in [-0.4, -0.2) is 31.3 Å². The zero-order valence-corrected chi connectivity index (χ0v) is 15.1. The van der Waals surface area contributed by atoms with Gasteiger partial charge in [0.2, 0.25) is 0 Å². The quantitative estimate of drug-likeness (QED) is 0.476. The first-order valence-corrected chi connectivity index (χ1v) is 8.41. The number of fused-ring (bicyclic) bond motifs is 1. The first kappa shape index (κ1) is 18.3. The maximum absolute atomic E-state index is 14.6. The Morgan fingerprint density at radius 3 is 2.69 bits per heavy atom. The summed E-state index contributed by atoms with van der Waals surface area (Å²) in [5, 5.41) is 1.06. The fourth-order valence-electron chi connectivity index (χ4n) is 2.84. The van der Waals surface area contributed by atoms with E-state index in [-0.39, 0.29) is 18.8 Å². The van der Waals surface area contributed by atoms with Gasteiger partial charge in [-0.1, -0.05) is 29.8 Å². The minimum absolute atomic E-state index is 0.0963. The van der Waals surface area contributed by atoms with Crippen molar-refractivity contribution in [2.75, 3.05) is 20.3 Å². The lowest BCUT2D eigenvalue weighted by atomic mass is 9.94. The third-order valence-corrected chi connectivity index (χ3v) is 4.23. The molecule has 1 aromatic heterocycles. The number of aryl methyl sites for hydroxylation is 1. The molecule has 0 atom stereocenters. The molecule has 0 amide bonds. The van der Waals surface area contributed by atoms with E-state index in [1.54, 1.807) is 43.3 Å². The number of esters is 1. The molecule has 3 rings (SSSR count). The van der Waals surface area contributed by atoms with E-state index in [2.05, 4.69) is 4.98 Å². The summed E-state index contributed by atoms with van der Waals surface area (Å²) in [6.45, 7) is 2.07. The fraction of sp³-hybridized carbons (Fsp3) is 0.200. The van der Waals surface area contributed by atoms with Crippen LogP contribution in [0.5, 0.6) is 0 Å². The Morgan fingerprint density at radius 1 is 1.19 bits per heavy atom. The van der Waals surface area contributed by atoms with Crippen molar-refractivity contribution in [3.63, 3.8) is 0 Å². The number of carbonyl (C=O) groups is 1. The Kier molecular flexibility index (Phi) is 5.49. The van der Waals surface area contributed by atoms with Gasteiger partial charge in [0.25, 0.3) is 0 Å². The van der Waals surface area contributed by atoms with Crippen LogP contribution in [0.1, 0.15) is 16.1 Å². The molecule has 0 aliphatic carbocycles. The summed E-state index contributed by atoms with van der Waals surface area (Å²) < 4.78 is 24.7. The number of hydrogen-bond donors (Lipinski definition) is 0. The normalized spacial score (nSPS) is 10.9. The summed E-state index contributed by atoms with van der Waals surface area (Å²) in [5.74, 6) is -1.02. The monoisotopic (exact) mass is 373 g/mol. The predicted molar refractivity (Wildman–Crippen MR) is 99.0 cm³/mol. The van der Waals surface area contributed by atoms with Crippen molar-refractivity contribution in [3.05, 3.63) is 64.6 Å². The molecule has 0 spiro atoms. The molecule has 1 heterocycles. The minimum Gasteiger partial charge on any atom is -0.460 e. The summed E-state index contributed by atoms with van der Waals surface area (Å²) in [4.78, 5) is 17.2. The van der Waals surface area contributed by atoms with Gasteiger partial charge in [-0.2, -0.15) is 0 Å². The summed E-state index contributed by atoms with van der Waals surface area (Å²) in [5.41, 5.74) is 2.03. The van der Waals surface area contributed by atoms with Gasteiger partial charge in [0.1, 0.15) is 12.4 Å². The van der Waals surface area contributed by atoms with Gasteiger partial charge >= 0.3 is 5.97 Å². The number of rotatable bonds is 5. The lowest BCUT2D eigenvalue weighted by Crippen LogP contribution is -2.14. The summed E-state index contributed by atoms with van der Waals surface area (Å²) >= 11 is 6.14. The van der Waals surface area contributed by atoms with Crippen LogP contribution in [0, 0.1) is 12.7 Å². The Balaban J connectivity index is 2.29. The van der Waals surface area contributed by atoms with E-state index in [9.17, 15) is 9.18 Å². The van der Waals surface area contributed by atoms with Crippen LogP contribution in [0.15, 0.2) is 42.5 Å². The molecule has 4 nitrogen and oxygen atoms in total. The Morgan fingerprint density at radius 2 is 1.96 bits per heavy atom. The highest BCUT2D eigenvalue weighted by Crippen LogP contribution is 2.36. The van der Waals surface area contributed by atoms with Crippen molar-refractivity contribution in [3.8, 4) is 11.1 Å². The smallest absolute Gasteiger partial charge is 0.340 e. The van der Waals surface area contributed by atoms with E-state index in [0.717, 1.165) is 0 Å². The lowest BCUT2D eigenvalue weighted by molar-refractivity contribution is 0.0388. The Labute approximate surface area is 155 Å². The minimum atomic E-state index is -0.577. The predicted octanol–water partition coefficient (Wildman–Crippen LogP) is 4.81. The molecule has 26 heavy (non-hydrogen) atoms. The zero-order chi connectivity index (χ0) is 18.7. The Hall–Kier alpha value is -2.50. The highest BCUT2D eigenvalue weighted by Gasteiger charge is 2.23. The first-order chi connectivity index (χ1) is 12.5. The standard InChI is InChI=1S/C20H17ClFNO3/c1-12-18(20(24)26-10-9-25-2)19(14-5-3-4-6-16(14)22)15-11-13(21)7-8-17(15)23-12/h3-8,11H,9-10H2,1-2H3. The second-order valence-corrected chi connectivity index (χ2v) is 6.15. The number of aromatic nitrogens is 1. The van der Waals surface area contributed by atoms with Gasteiger partial charge in [-0.3, -0.25) is 4.98 Å². The SMILES string of the molecule is COCCOC(=O)c1c(C)nc2ccc(Cl)cc2c1-c1ccccc1F. The van der Waals surface area contributed by atoms with Gasteiger partial charge in [-0.25, -0.2) is 9.18 Å². The van der Waals surface area contributed by atoms with E-state index in [1.807, 2.05) is 0 Å². The molecule has 6 heteroatoms. The molecule has 0 N–H and O–H groups in total. The second kappa shape index (κ2) is 7.81. The van der Waals surface area contributed by atoms with Crippen molar-refractivity contribution >= 4 is 28.5 Å². The van der Waals surface area contributed by atoms with Crippen LogP contribution < -0.4 is 0 Å². The summed E-state index contributed by atoms with van der Waals surface area (Å²) in [6.07, 6.45) is 0. The molecule has 0 unspecified atom stereocenters. The first-order valence-electron chi connectivity index (χ1n) is 8.03. The third kappa shape index (κ3) is 3.54. The third-order valence-electron chi connectivity index (χ3n) is 4.00. The van der Waals surface area contributed by atoms with Gasteiger partial charge in [-0.05, 0) is 31.2 Å². The average Bonchev–Trinajstić information content (AvgIpc) is 2.62. The topological polar surface area (TPSA) is 48.4 Å². The van der Waals surface area contributed by atoms with Crippen LogP contribution >= 0.6 is 11.6 Å². The summed E-state index contributed by atoms with van der Waals surface area (Å²) in [7, 11) is 1.52. The highest BCUT2D eigenvalue weighted by atomic mass is 35.5. The number of hydrogen-bond acceptors (Lipinski definition) is 4. The molecule has 0 saturated heterocycles. The van der Waals surface area contributed by atoms with E-state index in [1.165, 1.54) is 13.2 Å². The number of benzene rings is 2. The van der Waals surface area contributed by atoms with Gasteiger partial charge in [0.05, 0.1) is 23.4 Å². The molecular formula is C20H17ClFNO3. The number of halogens is 2. The van der Waals surface area contributed by atoms with Crippen LogP contribution in [0.25, 0.3) is 22.0 Å². The molecule has 0 aliphatic heterocycles. The van der Waals surface area contributed by atoms with Crippen molar-refractivity contribution in [2.24, 2.45) is 0 Å². The molecule has 134 valence electrons. The molecule has 0 saturated carbocycles. The van der Waals surface area contributed by atoms with E-state index in [4.69, 9.17) is 21.1 Å². The van der Waals surface area contributed by atoms with E-state index >= 15 is 0 Å². The Bertz CT molecular complexity index is 975. The van der Waals surface area contributed by atoms with Gasteiger partial charge < -0.3 is 9.47 Å². The van der Waals surface area contributed by atoms with Crippen LogP contribution in [0.2, 0.25) is 5.02 Å². The van der Waals surface area contributed by atoms with Crippen LogP contribution in [0.4, 0.5) is 4.39 Å².